The van der Waals surface area contributed by atoms with E-state index in [1.165, 1.54) is 6.42 Å². The largest absolute Gasteiger partial charge is 0.480 e. The molecule has 10 heteroatoms. The van der Waals surface area contributed by atoms with Crippen molar-refractivity contribution in [1.29, 1.82) is 0 Å². The predicted molar refractivity (Wildman–Crippen MR) is 111 cm³/mol. The topological polar surface area (TPSA) is 134 Å². The molecule has 1 heterocycles. The van der Waals surface area contributed by atoms with Crippen LogP contribution in [0, 0.1) is 5.92 Å². The second kappa shape index (κ2) is 12.8. The lowest BCUT2D eigenvalue weighted by Gasteiger charge is -2.41. The summed E-state index contributed by atoms with van der Waals surface area (Å²) in [6.45, 7) is 3.40. The van der Waals surface area contributed by atoms with Gasteiger partial charge in [-0.05, 0) is 18.8 Å². The number of carbonyl (C=O) groups is 3. The Morgan fingerprint density at radius 3 is 1.93 bits per heavy atom. The van der Waals surface area contributed by atoms with Crippen molar-refractivity contribution in [2.45, 2.75) is 38.1 Å². The van der Waals surface area contributed by atoms with Crippen LogP contribution < -0.4 is 5.32 Å². The van der Waals surface area contributed by atoms with Crippen LogP contribution in [0.15, 0.2) is 0 Å². The second-order valence-corrected chi connectivity index (χ2v) is 8.38. The summed E-state index contributed by atoms with van der Waals surface area (Å²) in [5, 5.41) is 31.3. The molecule has 1 atom stereocenters. The predicted octanol–water partition coefficient (Wildman–Crippen LogP) is -0.302. The van der Waals surface area contributed by atoms with Gasteiger partial charge in [-0.25, -0.2) is 0 Å². The van der Waals surface area contributed by atoms with Gasteiger partial charge in [0.05, 0.1) is 19.6 Å². The van der Waals surface area contributed by atoms with Gasteiger partial charge in [-0.1, -0.05) is 19.3 Å². The van der Waals surface area contributed by atoms with E-state index in [9.17, 15) is 24.6 Å². The maximum Gasteiger partial charge on any atom is 0.317 e. The smallest absolute Gasteiger partial charge is 0.317 e. The molecule has 0 bridgehead atoms. The third kappa shape index (κ3) is 8.95. The highest BCUT2D eigenvalue weighted by Gasteiger charge is 2.32. The van der Waals surface area contributed by atoms with Crippen LogP contribution in [-0.4, -0.2) is 119 Å². The first-order valence-electron chi connectivity index (χ1n) is 10.9. The Balaban J connectivity index is 2.21. The van der Waals surface area contributed by atoms with Crippen molar-refractivity contribution in [2.24, 2.45) is 5.92 Å². The van der Waals surface area contributed by atoms with Crippen molar-refractivity contribution in [3.05, 3.63) is 0 Å². The van der Waals surface area contributed by atoms with Crippen LogP contribution >= 0.6 is 0 Å². The normalized spacial score (nSPS) is 24.6. The zero-order valence-corrected chi connectivity index (χ0v) is 17.7. The first-order valence-corrected chi connectivity index (χ1v) is 10.9. The summed E-state index contributed by atoms with van der Waals surface area (Å²) in [5.74, 6) is -2.37. The van der Waals surface area contributed by atoms with Crippen molar-refractivity contribution in [1.82, 2.24) is 20.0 Å². The Kier molecular flexibility index (Phi) is 10.5. The van der Waals surface area contributed by atoms with Crippen molar-refractivity contribution in [3.8, 4) is 0 Å². The van der Waals surface area contributed by atoms with Crippen LogP contribution in [0.2, 0.25) is 0 Å². The number of nitrogens with zero attached hydrogens (tertiary/aromatic N) is 3. The van der Waals surface area contributed by atoms with Crippen molar-refractivity contribution in [2.75, 3.05) is 65.4 Å². The van der Waals surface area contributed by atoms with E-state index in [1.807, 2.05) is 14.7 Å². The van der Waals surface area contributed by atoms with Gasteiger partial charge in [0.2, 0.25) is 0 Å². The Hall–Kier alpha value is -1.75. The van der Waals surface area contributed by atoms with Gasteiger partial charge < -0.3 is 20.6 Å². The molecule has 1 aliphatic heterocycles. The van der Waals surface area contributed by atoms with Gasteiger partial charge >= 0.3 is 17.9 Å². The molecule has 0 spiro atoms. The molecule has 2 rings (SSSR count). The van der Waals surface area contributed by atoms with Gasteiger partial charge in [0.1, 0.15) is 0 Å². The molecule has 172 valence electrons. The Morgan fingerprint density at radius 1 is 0.733 bits per heavy atom. The van der Waals surface area contributed by atoms with E-state index in [0.29, 0.717) is 51.7 Å². The van der Waals surface area contributed by atoms with E-state index in [0.717, 1.165) is 25.7 Å². The maximum absolute atomic E-state index is 11.5. The lowest BCUT2D eigenvalue weighted by Crippen LogP contribution is -2.54. The summed E-state index contributed by atoms with van der Waals surface area (Å²) >= 11 is 0. The fraction of sp³-hybridized carbons (Fsp3) is 0.850. The molecule has 0 radical (unpaired) electrons. The Morgan fingerprint density at radius 2 is 1.30 bits per heavy atom. The number of hydrogen-bond acceptors (Lipinski definition) is 7. The molecule has 0 aromatic heterocycles. The molecule has 1 saturated carbocycles. The third-order valence-electron chi connectivity index (χ3n) is 6.08. The highest BCUT2D eigenvalue weighted by Crippen LogP contribution is 2.29. The van der Waals surface area contributed by atoms with E-state index in [2.05, 4.69) is 5.32 Å². The molecule has 2 aliphatic rings. The van der Waals surface area contributed by atoms with Crippen LogP contribution in [0.25, 0.3) is 0 Å². The quantitative estimate of drug-likeness (QED) is 0.428. The van der Waals surface area contributed by atoms with Crippen LogP contribution in [-0.2, 0) is 14.4 Å². The highest BCUT2D eigenvalue weighted by molar-refractivity contribution is 5.70. The van der Waals surface area contributed by atoms with Crippen molar-refractivity contribution >= 4 is 17.9 Å². The van der Waals surface area contributed by atoms with Crippen LogP contribution in [0.5, 0.6) is 0 Å². The monoisotopic (exact) mass is 428 g/mol. The van der Waals surface area contributed by atoms with Crippen LogP contribution in [0.3, 0.4) is 0 Å². The van der Waals surface area contributed by atoms with E-state index >= 15 is 0 Å². The fourth-order valence-corrected chi connectivity index (χ4v) is 4.64. The molecule has 1 saturated heterocycles. The Bertz CT molecular complexity index is 569. The zero-order chi connectivity index (χ0) is 21.9. The highest BCUT2D eigenvalue weighted by atomic mass is 16.4. The molecular formula is C20H36N4O6. The first kappa shape index (κ1) is 24.5. The average Bonchev–Trinajstić information content (AvgIpc) is 2.67. The fourth-order valence-electron chi connectivity index (χ4n) is 4.64. The van der Waals surface area contributed by atoms with Crippen LogP contribution in [0.4, 0.5) is 0 Å². The molecule has 0 aromatic rings. The molecule has 30 heavy (non-hydrogen) atoms. The molecular weight excluding hydrogens is 392 g/mol. The molecule has 4 N–H and O–H groups in total. The minimum atomic E-state index is -0.930. The van der Waals surface area contributed by atoms with Crippen molar-refractivity contribution in [3.63, 3.8) is 0 Å². The molecule has 0 amide bonds. The number of carboxylic acids is 3. The standard InChI is InChI=1S/C20H36N4O6/c25-18(26)13-22-8-6-21-7-9-24(15-20(29)30)17(16-4-2-1-3-5-16)12-23(11-10-22)14-19(27)28/h16-17,21H,1-15H2,(H,25,26)(H,27,28)(H,29,30). The second-order valence-electron chi connectivity index (χ2n) is 8.38. The SMILES string of the molecule is O=C(O)CN1CCNCCN(CC(=O)O)C(C2CCCCC2)CN(CC(=O)O)CC1. The molecule has 10 nitrogen and oxygen atoms in total. The lowest BCUT2D eigenvalue weighted by molar-refractivity contribution is -0.141. The maximum atomic E-state index is 11.5. The van der Waals surface area contributed by atoms with Gasteiger partial charge in [0.25, 0.3) is 0 Å². The minimum absolute atomic E-state index is 0.0325. The van der Waals surface area contributed by atoms with Crippen LogP contribution in [0.1, 0.15) is 32.1 Å². The number of nitrogens with one attached hydrogen (secondary N) is 1. The summed E-state index contributed by atoms with van der Waals surface area (Å²) in [4.78, 5) is 39.9. The van der Waals surface area contributed by atoms with Gasteiger partial charge in [0.15, 0.2) is 0 Å². The summed E-state index contributed by atoms with van der Waals surface area (Å²) in [5.41, 5.74) is 0. The zero-order valence-electron chi connectivity index (χ0n) is 17.7. The van der Waals surface area contributed by atoms with Gasteiger partial charge in [-0.2, -0.15) is 0 Å². The first-order chi connectivity index (χ1) is 14.3. The van der Waals surface area contributed by atoms with Gasteiger partial charge in [-0.15, -0.1) is 0 Å². The summed E-state index contributed by atoms with van der Waals surface area (Å²) in [6, 6.07) is -0.0325. The molecule has 2 fully saturated rings. The van der Waals surface area contributed by atoms with E-state index in [4.69, 9.17) is 5.11 Å². The van der Waals surface area contributed by atoms with E-state index in [-0.39, 0.29) is 25.7 Å². The number of aliphatic carboxylic acids is 3. The van der Waals surface area contributed by atoms with Crippen molar-refractivity contribution < 1.29 is 29.7 Å². The van der Waals surface area contributed by atoms with Gasteiger partial charge in [-0.3, -0.25) is 29.1 Å². The van der Waals surface area contributed by atoms with E-state index in [1.54, 1.807) is 0 Å². The summed E-state index contributed by atoms with van der Waals surface area (Å²) in [6.07, 6.45) is 5.48. The molecule has 0 aromatic carbocycles. The van der Waals surface area contributed by atoms with Gasteiger partial charge in [0, 0.05) is 51.9 Å². The Labute approximate surface area is 177 Å². The number of hydrogen-bond donors (Lipinski definition) is 4. The summed E-state index contributed by atoms with van der Waals surface area (Å²) < 4.78 is 0. The molecule has 1 aliphatic carbocycles. The van der Waals surface area contributed by atoms with E-state index < -0.39 is 17.9 Å². The number of carboxylic acid groups (broad SMARTS) is 3. The third-order valence-corrected chi connectivity index (χ3v) is 6.08. The molecule has 1 unspecified atom stereocenters. The lowest BCUT2D eigenvalue weighted by atomic mass is 9.82. The average molecular weight is 429 g/mol. The summed E-state index contributed by atoms with van der Waals surface area (Å²) in [7, 11) is 0. The number of rotatable bonds is 7. The minimum Gasteiger partial charge on any atom is -0.480 e.